The molecule has 0 aromatic heterocycles. The second-order valence-corrected chi connectivity index (χ2v) is 9.39. The van der Waals surface area contributed by atoms with Crippen molar-refractivity contribution >= 4 is 5.91 Å². The monoisotopic (exact) mass is 413 g/mol. The van der Waals surface area contributed by atoms with Gasteiger partial charge in [0.1, 0.15) is 0 Å². The fourth-order valence-corrected chi connectivity index (χ4v) is 5.36. The van der Waals surface area contributed by atoms with E-state index in [4.69, 9.17) is 4.74 Å². The molecule has 5 nitrogen and oxygen atoms in total. The number of hydrogen-bond donors (Lipinski definition) is 1. The molecule has 3 fully saturated rings. The van der Waals surface area contributed by atoms with E-state index >= 15 is 0 Å². The minimum absolute atomic E-state index is 0.196. The van der Waals surface area contributed by atoms with Crippen molar-refractivity contribution in [1.29, 1.82) is 0 Å². The van der Waals surface area contributed by atoms with E-state index in [9.17, 15) is 4.79 Å². The smallest absolute Gasteiger partial charge is 0.223 e. The number of likely N-dealkylation sites (tertiary alicyclic amines) is 2. The van der Waals surface area contributed by atoms with Crippen LogP contribution < -0.4 is 5.32 Å². The lowest BCUT2D eigenvalue weighted by molar-refractivity contribution is -0.128. The van der Waals surface area contributed by atoms with E-state index in [2.05, 4.69) is 45.4 Å². The minimum Gasteiger partial charge on any atom is -0.379 e. The van der Waals surface area contributed by atoms with Crippen LogP contribution in [-0.2, 0) is 16.0 Å². The molecule has 0 spiro atoms. The Labute approximate surface area is 182 Å². The summed E-state index contributed by atoms with van der Waals surface area (Å²) >= 11 is 0. The van der Waals surface area contributed by atoms with Gasteiger partial charge in [0.2, 0.25) is 5.91 Å². The lowest BCUT2D eigenvalue weighted by Crippen LogP contribution is -2.50. The average molecular weight is 414 g/mol. The number of nitrogens with one attached hydrogen (secondary N) is 1. The molecule has 3 heterocycles. The van der Waals surface area contributed by atoms with Crippen molar-refractivity contribution in [2.24, 2.45) is 5.92 Å². The van der Waals surface area contributed by atoms with Crippen LogP contribution in [0.2, 0.25) is 0 Å². The summed E-state index contributed by atoms with van der Waals surface area (Å²) in [5.74, 6) is 0.458. The Hall–Kier alpha value is -1.43. The Morgan fingerprint density at radius 3 is 2.47 bits per heavy atom. The van der Waals surface area contributed by atoms with Crippen LogP contribution in [0.5, 0.6) is 0 Å². The first-order valence-corrected chi connectivity index (χ1v) is 12.2. The van der Waals surface area contributed by atoms with Crippen LogP contribution >= 0.6 is 0 Å². The van der Waals surface area contributed by atoms with Gasteiger partial charge in [-0.05, 0) is 89.7 Å². The Morgan fingerprint density at radius 2 is 1.77 bits per heavy atom. The number of benzene rings is 1. The van der Waals surface area contributed by atoms with Gasteiger partial charge in [-0.3, -0.25) is 4.79 Å². The van der Waals surface area contributed by atoms with Gasteiger partial charge in [-0.2, -0.15) is 0 Å². The quantitative estimate of drug-likeness (QED) is 0.746. The maximum atomic E-state index is 12.6. The summed E-state index contributed by atoms with van der Waals surface area (Å²) in [4.78, 5) is 17.9. The molecular weight excluding hydrogens is 374 g/mol. The lowest BCUT2D eigenvalue weighted by Gasteiger charge is -2.41. The summed E-state index contributed by atoms with van der Waals surface area (Å²) in [6, 6.07) is 11.8. The van der Waals surface area contributed by atoms with Crippen LogP contribution in [0.15, 0.2) is 30.3 Å². The van der Waals surface area contributed by atoms with Gasteiger partial charge in [0.25, 0.3) is 0 Å². The highest BCUT2D eigenvalue weighted by Gasteiger charge is 2.31. The second-order valence-electron chi connectivity index (χ2n) is 9.39. The number of carbonyl (C=O) groups is 1. The Balaban J connectivity index is 1.11. The molecule has 166 valence electrons. The number of amides is 1. The second kappa shape index (κ2) is 11.3. The molecule has 5 heteroatoms. The maximum Gasteiger partial charge on any atom is 0.223 e. The number of nitrogens with zero attached hydrogens (tertiary/aromatic N) is 2. The maximum absolute atomic E-state index is 12.6. The van der Waals surface area contributed by atoms with Gasteiger partial charge >= 0.3 is 0 Å². The van der Waals surface area contributed by atoms with Gasteiger partial charge in [0.05, 0.1) is 12.6 Å². The predicted molar refractivity (Wildman–Crippen MR) is 121 cm³/mol. The highest BCUT2D eigenvalue weighted by molar-refractivity contribution is 5.79. The van der Waals surface area contributed by atoms with E-state index in [1.807, 2.05) is 0 Å². The standard InChI is InChI=1S/C25H39N3O2/c29-25(26-23-9-5-19-30-20-23)22-10-17-28(18-11-22)24-12-15-27(16-13-24)14-4-8-21-6-2-1-3-7-21/h1-3,6-7,22-24H,4-5,8-20H2,(H,26,29). The molecule has 1 atom stereocenters. The van der Waals surface area contributed by atoms with Gasteiger partial charge < -0.3 is 19.9 Å². The van der Waals surface area contributed by atoms with Crippen molar-refractivity contribution < 1.29 is 9.53 Å². The number of ether oxygens (including phenoxy) is 1. The third-order valence-electron chi connectivity index (χ3n) is 7.26. The molecule has 0 bridgehead atoms. The predicted octanol–water partition coefficient (Wildman–Crippen LogP) is 3.09. The van der Waals surface area contributed by atoms with Crippen LogP contribution in [0, 0.1) is 5.92 Å². The van der Waals surface area contributed by atoms with Gasteiger partial charge in [-0.25, -0.2) is 0 Å². The first-order valence-electron chi connectivity index (χ1n) is 12.2. The summed E-state index contributed by atoms with van der Waals surface area (Å²) in [6.07, 6.45) is 9.14. The Morgan fingerprint density at radius 1 is 1.00 bits per heavy atom. The zero-order chi connectivity index (χ0) is 20.6. The summed E-state index contributed by atoms with van der Waals surface area (Å²) in [7, 11) is 0. The number of piperidine rings is 2. The third-order valence-corrected chi connectivity index (χ3v) is 7.26. The molecule has 1 unspecified atom stereocenters. The van der Waals surface area contributed by atoms with E-state index < -0.39 is 0 Å². The SMILES string of the molecule is O=C(NC1CCCOC1)C1CCN(C2CCN(CCCc3ccccc3)CC2)CC1. The molecule has 1 aromatic carbocycles. The molecule has 30 heavy (non-hydrogen) atoms. The summed E-state index contributed by atoms with van der Waals surface area (Å²) in [5.41, 5.74) is 1.45. The lowest BCUT2D eigenvalue weighted by atomic mass is 9.92. The molecule has 3 aliphatic rings. The number of rotatable bonds is 7. The fourth-order valence-electron chi connectivity index (χ4n) is 5.36. The molecule has 3 aliphatic heterocycles. The van der Waals surface area contributed by atoms with Crippen molar-refractivity contribution in [2.45, 2.75) is 63.5 Å². The van der Waals surface area contributed by atoms with Crippen LogP contribution in [0.3, 0.4) is 0 Å². The van der Waals surface area contributed by atoms with Crippen molar-refractivity contribution in [3.05, 3.63) is 35.9 Å². The molecule has 4 rings (SSSR count). The molecule has 1 amide bonds. The summed E-state index contributed by atoms with van der Waals surface area (Å²) in [5, 5.41) is 3.23. The highest BCUT2D eigenvalue weighted by Crippen LogP contribution is 2.24. The normalized spacial score (nSPS) is 25.3. The van der Waals surface area contributed by atoms with E-state index in [-0.39, 0.29) is 17.9 Å². The first kappa shape index (κ1) is 21.8. The Kier molecular flexibility index (Phi) is 8.18. The topological polar surface area (TPSA) is 44.8 Å². The van der Waals surface area contributed by atoms with Gasteiger partial charge in [-0.15, -0.1) is 0 Å². The Bertz CT molecular complexity index is 631. The van der Waals surface area contributed by atoms with Crippen molar-refractivity contribution in [2.75, 3.05) is 45.9 Å². The molecule has 0 aliphatic carbocycles. The van der Waals surface area contributed by atoms with Crippen LogP contribution in [0.4, 0.5) is 0 Å². The molecular formula is C25H39N3O2. The van der Waals surface area contributed by atoms with Crippen LogP contribution in [-0.4, -0.2) is 73.7 Å². The van der Waals surface area contributed by atoms with Crippen molar-refractivity contribution in [1.82, 2.24) is 15.1 Å². The molecule has 3 saturated heterocycles. The van der Waals surface area contributed by atoms with Crippen molar-refractivity contribution in [3.63, 3.8) is 0 Å². The summed E-state index contributed by atoms with van der Waals surface area (Å²) < 4.78 is 5.50. The largest absolute Gasteiger partial charge is 0.379 e. The van der Waals surface area contributed by atoms with Gasteiger partial charge in [-0.1, -0.05) is 30.3 Å². The first-order chi connectivity index (χ1) is 14.8. The van der Waals surface area contributed by atoms with Crippen LogP contribution in [0.25, 0.3) is 0 Å². The van der Waals surface area contributed by atoms with E-state index in [1.54, 1.807) is 0 Å². The van der Waals surface area contributed by atoms with E-state index in [1.165, 1.54) is 50.9 Å². The molecule has 1 N–H and O–H groups in total. The van der Waals surface area contributed by atoms with Gasteiger partial charge in [0.15, 0.2) is 0 Å². The highest BCUT2D eigenvalue weighted by atomic mass is 16.5. The number of hydrogen-bond acceptors (Lipinski definition) is 4. The van der Waals surface area contributed by atoms with Gasteiger partial charge in [0, 0.05) is 18.6 Å². The summed E-state index contributed by atoms with van der Waals surface area (Å²) in [6.45, 7) is 7.36. The zero-order valence-electron chi connectivity index (χ0n) is 18.4. The third kappa shape index (κ3) is 6.29. The molecule has 0 radical (unpaired) electrons. The molecule has 1 aromatic rings. The van der Waals surface area contributed by atoms with E-state index in [0.29, 0.717) is 12.6 Å². The van der Waals surface area contributed by atoms with Crippen LogP contribution in [0.1, 0.15) is 50.5 Å². The fraction of sp³-hybridized carbons (Fsp3) is 0.720. The number of carbonyl (C=O) groups excluding carboxylic acids is 1. The van der Waals surface area contributed by atoms with Crippen molar-refractivity contribution in [3.8, 4) is 0 Å². The van der Waals surface area contributed by atoms with E-state index in [0.717, 1.165) is 45.4 Å². The number of aryl methyl sites for hydroxylation is 1. The molecule has 0 saturated carbocycles. The minimum atomic E-state index is 0.196. The zero-order valence-corrected chi connectivity index (χ0v) is 18.4. The average Bonchev–Trinajstić information content (AvgIpc) is 2.81.